The zero-order valence-electron chi connectivity index (χ0n) is 19.6. The van der Waals surface area contributed by atoms with Gasteiger partial charge in [-0.3, -0.25) is 9.10 Å². The average molecular weight is 478 g/mol. The van der Waals surface area contributed by atoms with Gasteiger partial charge >= 0.3 is 0 Å². The van der Waals surface area contributed by atoms with E-state index in [1.165, 1.54) is 20.2 Å². The number of sulfonamides is 1. The molecule has 0 spiro atoms. The second-order valence-corrected chi connectivity index (χ2v) is 9.01. The summed E-state index contributed by atoms with van der Waals surface area (Å²) in [4.78, 5) is 12.7. The smallest absolute Gasteiger partial charge is 0.263 e. The molecule has 0 fully saturated rings. The number of amides is 1. The third kappa shape index (κ3) is 7.38. The molecule has 0 bridgehead atoms. The lowest BCUT2D eigenvalue weighted by atomic mass is 10.2. The van der Waals surface area contributed by atoms with Crippen LogP contribution < -0.4 is 23.9 Å². The van der Waals surface area contributed by atoms with Gasteiger partial charge in [-0.05, 0) is 68.3 Å². The van der Waals surface area contributed by atoms with Crippen LogP contribution in [0.4, 0.5) is 5.69 Å². The van der Waals surface area contributed by atoms with Crippen molar-refractivity contribution in [3.8, 4) is 17.2 Å². The number of ether oxygens (including phenoxy) is 3. The maximum absolute atomic E-state index is 12.7. The SMILES string of the molecule is CCCOc1ccc(/C=N\NC(=O)[C@@H](C)N(c2ccc(OC)cc2)S(C)(=O)=O)cc1OCC. The van der Waals surface area contributed by atoms with Crippen LogP contribution >= 0.6 is 0 Å². The van der Waals surface area contributed by atoms with Crippen molar-refractivity contribution < 1.29 is 27.4 Å². The summed E-state index contributed by atoms with van der Waals surface area (Å²) < 4.78 is 42.2. The van der Waals surface area contributed by atoms with E-state index in [9.17, 15) is 13.2 Å². The van der Waals surface area contributed by atoms with Gasteiger partial charge in [0.2, 0.25) is 10.0 Å². The monoisotopic (exact) mass is 477 g/mol. The molecule has 180 valence electrons. The molecule has 0 radical (unpaired) electrons. The summed E-state index contributed by atoms with van der Waals surface area (Å²) in [5.74, 6) is 1.21. The average Bonchev–Trinajstić information content (AvgIpc) is 2.78. The molecular formula is C23H31N3O6S. The predicted molar refractivity (Wildman–Crippen MR) is 129 cm³/mol. The number of hydrogen-bond donors (Lipinski definition) is 1. The van der Waals surface area contributed by atoms with Crippen molar-refractivity contribution in [2.75, 3.05) is 30.9 Å². The van der Waals surface area contributed by atoms with E-state index in [-0.39, 0.29) is 0 Å². The van der Waals surface area contributed by atoms with Crippen molar-refractivity contribution in [2.24, 2.45) is 5.10 Å². The molecule has 0 aromatic heterocycles. The number of hydrazone groups is 1. The highest BCUT2D eigenvalue weighted by Gasteiger charge is 2.29. The molecule has 1 amide bonds. The fraction of sp³-hybridized carbons (Fsp3) is 0.391. The Kier molecular flexibility index (Phi) is 9.53. The van der Waals surface area contributed by atoms with Crippen LogP contribution in [0, 0.1) is 0 Å². The van der Waals surface area contributed by atoms with Crippen LogP contribution in [-0.4, -0.2) is 53.2 Å². The van der Waals surface area contributed by atoms with Crippen LogP contribution in [-0.2, 0) is 14.8 Å². The van der Waals surface area contributed by atoms with Crippen LogP contribution in [0.5, 0.6) is 17.2 Å². The second-order valence-electron chi connectivity index (χ2n) is 7.15. The van der Waals surface area contributed by atoms with Gasteiger partial charge < -0.3 is 14.2 Å². The van der Waals surface area contributed by atoms with Crippen LogP contribution in [0.25, 0.3) is 0 Å². The van der Waals surface area contributed by atoms with Crippen LogP contribution in [0.1, 0.15) is 32.8 Å². The summed E-state index contributed by atoms with van der Waals surface area (Å²) in [5.41, 5.74) is 3.43. The Morgan fingerprint density at radius 2 is 1.82 bits per heavy atom. The molecule has 1 N–H and O–H groups in total. The molecule has 1 atom stereocenters. The molecule has 2 aromatic rings. The lowest BCUT2D eigenvalue weighted by Gasteiger charge is -2.27. The van der Waals surface area contributed by atoms with Gasteiger partial charge in [-0.25, -0.2) is 13.8 Å². The number of hydrogen-bond acceptors (Lipinski definition) is 7. The second kappa shape index (κ2) is 12.1. The maximum Gasteiger partial charge on any atom is 0.263 e. The first-order chi connectivity index (χ1) is 15.7. The highest BCUT2D eigenvalue weighted by Crippen LogP contribution is 2.28. The number of rotatable bonds is 12. The van der Waals surface area contributed by atoms with Gasteiger partial charge in [0.15, 0.2) is 11.5 Å². The zero-order valence-corrected chi connectivity index (χ0v) is 20.4. The van der Waals surface area contributed by atoms with Gasteiger partial charge in [-0.2, -0.15) is 5.10 Å². The zero-order chi connectivity index (χ0) is 24.4. The lowest BCUT2D eigenvalue weighted by molar-refractivity contribution is -0.121. The predicted octanol–water partition coefficient (Wildman–Crippen LogP) is 3.19. The first kappa shape index (κ1) is 26.0. The Labute approximate surface area is 195 Å². The standard InChI is InChI=1S/C23H31N3O6S/c1-6-14-32-21-13-8-18(15-22(21)31-7-2)16-24-25-23(27)17(3)26(33(5,28)29)19-9-11-20(30-4)12-10-19/h8-13,15-17H,6-7,14H2,1-5H3,(H,25,27)/b24-16-/t17-/m1/s1. The molecule has 0 saturated heterocycles. The molecule has 10 heteroatoms. The number of nitrogens with one attached hydrogen (secondary N) is 1. The minimum atomic E-state index is -3.73. The number of nitrogens with zero attached hydrogens (tertiary/aromatic N) is 2. The van der Waals surface area contributed by atoms with Gasteiger partial charge in [0, 0.05) is 0 Å². The number of anilines is 1. The summed E-state index contributed by atoms with van der Waals surface area (Å²) in [6.07, 6.45) is 3.37. The fourth-order valence-corrected chi connectivity index (χ4v) is 4.18. The highest BCUT2D eigenvalue weighted by atomic mass is 32.2. The fourth-order valence-electron chi connectivity index (χ4n) is 3.01. The maximum atomic E-state index is 12.7. The quantitative estimate of drug-likeness (QED) is 0.372. The minimum Gasteiger partial charge on any atom is -0.497 e. The summed E-state index contributed by atoms with van der Waals surface area (Å²) in [7, 11) is -2.22. The van der Waals surface area contributed by atoms with Gasteiger partial charge in [-0.1, -0.05) is 6.92 Å². The first-order valence-electron chi connectivity index (χ1n) is 10.6. The van der Waals surface area contributed by atoms with Crippen LogP contribution in [0.2, 0.25) is 0 Å². The van der Waals surface area contributed by atoms with Gasteiger partial charge in [0.1, 0.15) is 11.8 Å². The molecule has 0 aliphatic carbocycles. The lowest BCUT2D eigenvalue weighted by Crippen LogP contribution is -2.46. The van der Waals surface area contributed by atoms with E-state index in [0.717, 1.165) is 17.0 Å². The van der Waals surface area contributed by atoms with Gasteiger partial charge in [0.25, 0.3) is 5.91 Å². The van der Waals surface area contributed by atoms with Crippen molar-refractivity contribution in [3.63, 3.8) is 0 Å². The number of carbonyl (C=O) groups excluding carboxylic acids is 1. The van der Waals surface area contributed by atoms with Crippen molar-refractivity contribution in [1.82, 2.24) is 5.43 Å². The van der Waals surface area contributed by atoms with E-state index in [0.29, 0.717) is 41.7 Å². The first-order valence-corrected chi connectivity index (χ1v) is 12.4. The molecule has 9 nitrogen and oxygen atoms in total. The molecule has 0 aliphatic heterocycles. The third-order valence-electron chi connectivity index (χ3n) is 4.53. The Hall–Kier alpha value is -3.27. The van der Waals surface area contributed by atoms with Crippen molar-refractivity contribution >= 4 is 27.8 Å². The number of carbonyl (C=O) groups is 1. The normalized spacial score (nSPS) is 12.3. The Balaban J connectivity index is 2.14. The summed E-state index contributed by atoms with van der Waals surface area (Å²) in [6, 6.07) is 10.7. The minimum absolute atomic E-state index is 0.342. The van der Waals surface area contributed by atoms with Gasteiger partial charge in [0.05, 0.1) is 38.5 Å². The molecular weight excluding hydrogens is 446 g/mol. The van der Waals surface area contributed by atoms with Crippen molar-refractivity contribution in [2.45, 2.75) is 33.2 Å². The molecule has 2 rings (SSSR count). The van der Waals surface area contributed by atoms with E-state index < -0.39 is 22.0 Å². The number of benzene rings is 2. The third-order valence-corrected chi connectivity index (χ3v) is 5.77. The summed E-state index contributed by atoms with van der Waals surface area (Å²) >= 11 is 0. The molecule has 0 aliphatic rings. The highest BCUT2D eigenvalue weighted by molar-refractivity contribution is 7.92. The van der Waals surface area contributed by atoms with E-state index in [1.54, 1.807) is 42.5 Å². The van der Waals surface area contributed by atoms with E-state index in [2.05, 4.69) is 10.5 Å². The molecule has 2 aromatic carbocycles. The molecule has 0 heterocycles. The summed E-state index contributed by atoms with van der Waals surface area (Å²) in [5, 5.41) is 3.98. The van der Waals surface area contributed by atoms with Crippen LogP contribution in [0.3, 0.4) is 0 Å². The Morgan fingerprint density at radius 3 is 2.39 bits per heavy atom. The van der Waals surface area contributed by atoms with Crippen LogP contribution in [0.15, 0.2) is 47.6 Å². The topological polar surface area (TPSA) is 107 Å². The van der Waals surface area contributed by atoms with E-state index in [4.69, 9.17) is 14.2 Å². The molecule has 0 unspecified atom stereocenters. The number of methoxy groups -OCH3 is 1. The van der Waals surface area contributed by atoms with Crippen molar-refractivity contribution in [3.05, 3.63) is 48.0 Å². The summed E-state index contributed by atoms with van der Waals surface area (Å²) in [6.45, 7) is 6.44. The van der Waals surface area contributed by atoms with Crippen molar-refractivity contribution in [1.29, 1.82) is 0 Å². The molecule has 33 heavy (non-hydrogen) atoms. The van der Waals surface area contributed by atoms with E-state index in [1.807, 2.05) is 13.8 Å². The largest absolute Gasteiger partial charge is 0.497 e. The van der Waals surface area contributed by atoms with Gasteiger partial charge in [-0.15, -0.1) is 0 Å². The molecule has 0 saturated carbocycles. The van der Waals surface area contributed by atoms with E-state index >= 15 is 0 Å². The Bertz CT molecular complexity index is 1050. The Morgan fingerprint density at radius 1 is 1.12 bits per heavy atom.